The fraction of sp³-hybridized carbons (Fsp3) is 0.200. The maximum atomic E-state index is 12.9. The number of hydrogen-bond acceptors (Lipinski definition) is 3. The SMILES string of the molecule is CCNC(=S)Nc1nc2ccc(F)cc2s1. The average molecular weight is 255 g/mol. The molecule has 0 atom stereocenters. The van der Waals surface area contributed by atoms with Gasteiger partial charge in [0.05, 0.1) is 10.2 Å². The molecule has 1 aromatic carbocycles. The molecule has 0 saturated heterocycles. The highest BCUT2D eigenvalue weighted by Crippen LogP contribution is 2.26. The first-order valence-corrected chi connectivity index (χ1v) is 6.02. The van der Waals surface area contributed by atoms with Crippen LogP contribution in [0.4, 0.5) is 9.52 Å². The fourth-order valence-electron chi connectivity index (χ4n) is 1.25. The van der Waals surface area contributed by atoms with Crippen LogP contribution >= 0.6 is 23.6 Å². The van der Waals surface area contributed by atoms with Crippen molar-refractivity contribution >= 4 is 44.0 Å². The first kappa shape index (κ1) is 11.2. The molecule has 1 heterocycles. The van der Waals surface area contributed by atoms with Gasteiger partial charge in [-0.15, -0.1) is 0 Å². The van der Waals surface area contributed by atoms with Crippen LogP contribution < -0.4 is 10.6 Å². The smallest absolute Gasteiger partial charge is 0.190 e. The van der Waals surface area contributed by atoms with Gasteiger partial charge in [-0.2, -0.15) is 0 Å². The molecule has 0 amide bonds. The molecule has 16 heavy (non-hydrogen) atoms. The molecule has 0 aliphatic heterocycles. The summed E-state index contributed by atoms with van der Waals surface area (Å²) < 4.78 is 13.8. The minimum Gasteiger partial charge on any atom is -0.363 e. The van der Waals surface area contributed by atoms with E-state index in [1.54, 1.807) is 6.07 Å². The zero-order valence-electron chi connectivity index (χ0n) is 8.58. The maximum Gasteiger partial charge on any atom is 0.190 e. The predicted molar refractivity (Wildman–Crippen MR) is 69.5 cm³/mol. The van der Waals surface area contributed by atoms with Gasteiger partial charge < -0.3 is 10.6 Å². The van der Waals surface area contributed by atoms with Crippen LogP contribution in [0.5, 0.6) is 0 Å². The van der Waals surface area contributed by atoms with E-state index in [4.69, 9.17) is 12.2 Å². The number of thiocarbonyl (C=S) groups is 1. The molecule has 0 unspecified atom stereocenters. The molecule has 0 bridgehead atoms. The number of aromatic nitrogens is 1. The molecule has 3 nitrogen and oxygen atoms in total. The summed E-state index contributed by atoms with van der Waals surface area (Å²) in [6, 6.07) is 4.52. The quantitative estimate of drug-likeness (QED) is 0.809. The summed E-state index contributed by atoms with van der Waals surface area (Å²) in [6.45, 7) is 2.72. The molecule has 0 saturated carbocycles. The van der Waals surface area contributed by atoms with Gasteiger partial charge in [0, 0.05) is 6.54 Å². The van der Waals surface area contributed by atoms with Crippen LogP contribution in [0.25, 0.3) is 10.2 Å². The molecule has 2 N–H and O–H groups in total. The van der Waals surface area contributed by atoms with Crippen molar-refractivity contribution in [3.05, 3.63) is 24.0 Å². The van der Waals surface area contributed by atoms with Gasteiger partial charge in [-0.25, -0.2) is 9.37 Å². The number of anilines is 1. The summed E-state index contributed by atoms with van der Waals surface area (Å²) in [7, 11) is 0. The van der Waals surface area contributed by atoms with E-state index in [0.29, 0.717) is 10.2 Å². The largest absolute Gasteiger partial charge is 0.363 e. The van der Waals surface area contributed by atoms with Crippen LogP contribution in [-0.2, 0) is 0 Å². The number of hydrogen-bond donors (Lipinski definition) is 2. The maximum absolute atomic E-state index is 12.9. The summed E-state index contributed by atoms with van der Waals surface area (Å²) in [6.07, 6.45) is 0. The topological polar surface area (TPSA) is 37.0 Å². The Kier molecular flexibility index (Phi) is 3.31. The van der Waals surface area contributed by atoms with E-state index in [2.05, 4.69) is 15.6 Å². The van der Waals surface area contributed by atoms with Gasteiger partial charge in [0.15, 0.2) is 10.2 Å². The minimum absolute atomic E-state index is 0.253. The molecule has 6 heteroatoms. The van der Waals surface area contributed by atoms with E-state index < -0.39 is 0 Å². The Labute approximate surface area is 102 Å². The van der Waals surface area contributed by atoms with Crippen LogP contribution in [0.2, 0.25) is 0 Å². The van der Waals surface area contributed by atoms with Crippen LogP contribution in [0.1, 0.15) is 6.92 Å². The van der Waals surface area contributed by atoms with Gasteiger partial charge in [0.1, 0.15) is 5.82 Å². The number of nitrogens with one attached hydrogen (secondary N) is 2. The second-order valence-corrected chi connectivity index (χ2v) is 4.55. The Balaban J connectivity index is 2.23. The summed E-state index contributed by atoms with van der Waals surface area (Å²) in [5.41, 5.74) is 0.771. The lowest BCUT2D eigenvalue weighted by atomic mass is 10.3. The lowest BCUT2D eigenvalue weighted by Crippen LogP contribution is -2.27. The van der Waals surface area contributed by atoms with Crippen molar-refractivity contribution in [1.82, 2.24) is 10.3 Å². The van der Waals surface area contributed by atoms with E-state index in [1.807, 2.05) is 6.92 Å². The third-order valence-electron chi connectivity index (χ3n) is 1.91. The molecule has 2 aromatic rings. The highest BCUT2D eigenvalue weighted by Gasteiger charge is 2.05. The molecular weight excluding hydrogens is 245 g/mol. The summed E-state index contributed by atoms with van der Waals surface area (Å²) in [5.74, 6) is -0.253. The van der Waals surface area contributed by atoms with Crippen molar-refractivity contribution in [1.29, 1.82) is 0 Å². The molecular formula is C10H10FN3S2. The zero-order chi connectivity index (χ0) is 11.5. The first-order valence-electron chi connectivity index (χ1n) is 4.80. The normalized spacial score (nSPS) is 10.4. The third kappa shape index (κ3) is 2.45. The second kappa shape index (κ2) is 4.71. The van der Waals surface area contributed by atoms with Crippen molar-refractivity contribution in [2.45, 2.75) is 6.92 Å². The van der Waals surface area contributed by atoms with Gasteiger partial charge in [-0.05, 0) is 37.3 Å². The van der Waals surface area contributed by atoms with Crippen molar-refractivity contribution < 1.29 is 4.39 Å². The van der Waals surface area contributed by atoms with Crippen molar-refractivity contribution in [2.75, 3.05) is 11.9 Å². The highest BCUT2D eigenvalue weighted by atomic mass is 32.1. The van der Waals surface area contributed by atoms with Crippen LogP contribution in [-0.4, -0.2) is 16.6 Å². The van der Waals surface area contributed by atoms with Gasteiger partial charge >= 0.3 is 0 Å². The summed E-state index contributed by atoms with van der Waals surface area (Å²) >= 11 is 6.41. The molecule has 0 aliphatic rings. The van der Waals surface area contributed by atoms with Crippen LogP contribution in [0.3, 0.4) is 0 Å². The average Bonchev–Trinajstić information content (AvgIpc) is 2.59. The second-order valence-electron chi connectivity index (χ2n) is 3.12. The Hall–Kier alpha value is -1.27. The predicted octanol–water partition coefficient (Wildman–Crippen LogP) is 2.74. The van der Waals surface area contributed by atoms with Crippen molar-refractivity contribution in [3.8, 4) is 0 Å². The molecule has 2 rings (SSSR count). The van der Waals surface area contributed by atoms with Gasteiger partial charge in [-0.1, -0.05) is 11.3 Å². The number of fused-ring (bicyclic) bond motifs is 1. The van der Waals surface area contributed by atoms with Crippen LogP contribution in [0.15, 0.2) is 18.2 Å². The van der Waals surface area contributed by atoms with Crippen LogP contribution in [0, 0.1) is 5.82 Å². The number of benzene rings is 1. The molecule has 0 aliphatic carbocycles. The Morgan fingerprint density at radius 3 is 3.12 bits per heavy atom. The Morgan fingerprint density at radius 2 is 2.38 bits per heavy atom. The molecule has 0 fully saturated rings. The molecule has 0 radical (unpaired) electrons. The van der Waals surface area contributed by atoms with Gasteiger partial charge in [0.25, 0.3) is 0 Å². The fourth-order valence-corrected chi connectivity index (χ4v) is 2.45. The first-order chi connectivity index (χ1) is 7.69. The van der Waals surface area contributed by atoms with Gasteiger partial charge in [-0.3, -0.25) is 0 Å². The molecule has 0 spiro atoms. The monoisotopic (exact) mass is 255 g/mol. The molecule has 1 aromatic heterocycles. The van der Waals surface area contributed by atoms with Crippen molar-refractivity contribution in [3.63, 3.8) is 0 Å². The van der Waals surface area contributed by atoms with E-state index in [-0.39, 0.29) is 5.82 Å². The Morgan fingerprint density at radius 1 is 1.56 bits per heavy atom. The standard InChI is InChI=1S/C10H10FN3S2/c1-2-12-9(15)14-10-13-7-4-3-6(11)5-8(7)16-10/h3-5H,2H2,1H3,(H2,12,13,14,15). The Bertz CT molecular complexity index is 524. The summed E-state index contributed by atoms with van der Waals surface area (Å²) in [5, 5.41) is 7.12. The van der Waals surface area contributed by atoms with Crippen molar-refractivity contribution in [2.24, 2.45) is 0 Å². The van der Waals surface area contributed by atoms with E-state index in [0.717, 1.165) is 16.8 Å². The number of thiazole rings is 1. The number of nitrogens with zero attached hydrogens (tertiary/aromatic N) is 1. The zero-order valence-corrected chi connectivity index (χ0v) is 10.2. The number of rotatable bonds is 2. The minimum atomic E-state index is -0.253. The third-order valence-corrected chi connectivity index (χ3v) is 3.09. The van der Waals surface area contributed by atoms with E-state index >= 15 is 0 Å². The highest BCUT2D eigenvalue weighted by molar-refractivity contribution is 7.80. The van der Waals surface area contributed by atoms with E-state index in [9.17, 15) is 4.39 Å². The van der Waals surface area contributed by atoms with E-state index in [1.165, 1.54) is 23.5 Å². The lowest BCUT2D eigenvalue weighted by molar-refractivity contribution is 0.630. The molecule has 84 valence electrons. The van der Waals surface area contributed by atoms with Gasteiger partial charge in [0.2, 0.25) is 0 Å². The lowest BCUT2D eigenvalue weighted by Gasteiger charge is -2.04. The summed E-state index contributed by atoms with van der Waals surface area (Å²) in [4.78, 5) is 4.29. The number of halogens is 1.